The third kappa shape index (κ3) is 5.57. The Morgan fingerprint density at radius 2 is 1.76 bits per heavy atom. The first-order valence-electron chi connectivity index (χ1n) is 10.4. The molecule has 0 bridgehead atoms. The second kappa shape index (κ2) is 11.5. The number of benzene rings is 2. The van der Waals surface area contributed by atoms with Gasteiger partial charge in [0, 0.05) is 12.6 Å². The summed E-state index contributed by atoms with van der Waals surface area (Å²) in [6, 6.07) is 6.59. The lowest BCUT2D eigenvalue weighted by Gasteiger charge is -2.21. The minimum absolute atomic E-state index is 0. The molecule has 2 aromatic carbocycles. The quantitative estimate of drug-likeness (QED) is 0.300. The van der Waals surface area contributed by atoms with Crippen molar-refractivity contribution in [3.8, 4) is 11.5 Å². The number of carbonyl (C=O) groups is 1. The Bertz CT molecular complexity index is 1200. The van der Waals surface area contributed by atoms with E-state index in [1.165, 1.54) is 42.6 Å². The summed E-state index contributed by atoms with van der Waals surface area (Å²) in [5, 5.41) is 12.3. The molecule has 0 N–H and O–H groups in total. The summed E-state index contributed by atoms with van der Waals surface area (Å²) in [6.07, 6.45) is 0.674. The second-order valence-electron chi connectivity index (χ2n) is 7.95. The molecule has 34 heavy (non-hydrogen) atoms. The molecule has 3 rings (SSSR count). The summed E-state index contributed by atoms with van der Waals surface area (Å²) in [5.74, 6) is -0.0729. The van der Waals surface area contributed by atoms with Crippen molar-refractivity contribution < 1.29 is 19.2 Å². The minimum atomic E-state index is -0.584. The number of hydrogen-bond acceptors (Lipinski definition) is 8. The van der Waals surface area contributed by atoms with Crippen LogP contribution >= 0.6 is 23.7 Å². The van der Waals surface area contributed by atoms with Crippen molar-refractivity contribution in [1.82, 2.24) is 9.88 Å². The van der Waals surface area contributed by atoms with Gasteiger partial charge in [0.2, 0.25) is 0 Å². The molecule has 0 unspecified atom stereocenters. The number of thiazole rings is 1. The topological polar surface area (TPSA) is 98.0 Å². The average Bonchev–Trinajstić information content (AvgIpc) is 3.22. The van der Waals surface area contributed by atoms with E-state index in [2.05, 4.69) is 0 Å². The monoisotopic (exact) mass is 508 g/mol. The molecule has 0 aliphatic heterocycles. The number of aryl methyl sites for hydroxylation is 2. The Morgan fingerprint density at radius 3 is 2.35 bits per heavy atom. The van der Waals surface area contributed by atoms with Gasteiger partial charge in [-0.25, -0.2) is 4.98 Å². The number of rotatable bonds is 9. The van der Waals surface area contributed by atoms with Crippen LogP contribution in [0.1, 0.15) is 27.9 Å². The Labute approximate surface area is 208 Å². The SMILES string of the molecule is COc1cc(C(=O)N(CCCN(C)C)c2nc3c(C)c(C)ccc3s2)c([N+](=O)[O-])cc1OC.Cl. The van der Waals surface area contributed by atoms with E-state index in [9.17, 15) is 14.9 Å². The van der Waals surface area contributed by atoms with E-state index in [0.717, 1.165) is 27.9 Å². The number of aromatic nitrogens is 1. The van der Waals surface area contributed by atoms with Crippen LogP contribution in [0.4, 0.5) is 10.8 Å². The summed E-state index contributed by atoms with van der Waals surface area (Å²) in [6.45, 7) is 5.13. The van der Waals surface area contributed by atoms with Gasteiger partial charge >= 0.3 is 0 Å². The number of halogens is 1. The molecule has 1 amide bonds. The molecule has 0 radical (unpaired) electrons. The van der Waals surface area contributed by atoms with Gasteiger partial charge in [-0.05, 0) is 58.1 Å². The molecular formula is C23H29ClN4O5S. The Kier molecular flexibility index (Phi) is 9.20. The van der Waals surface area contributed by atoms with E-state index in [1.54, 1.807) is 0 Å². The van der Waals surface area contributed by atoms with Crippen molar-refractivity contribution in [2.24, 2.45) is 0 Å². The van der Waals surface area contributed by atoms with Crippen LogP contribution in [0.2, 0.25) is 0 Å². The molecule has 0 atom stereocenters. The van der Waals surface area contributed by atoms with Crippen LogP contribution in [0.3, 0.4) is 0 Å². The largest absolute Gasteiger partial charge is 0.493 e. The number of anilines is 1. The number of nitro groups is 1. The van der Waals surface area contributed by atoms with Gasteiger partial charge in [-0.2, -0.15) is 0 Å². The normalized spacial score (nSPS) is 10.8. The third-order valence-corrected chi connectivity index (χ3v) is 6.51. The first-order valence-corrected chi connectivity index (χ1v) is 11.2. The van der Waals surface area contributed by atoms with Crippen molar-refractivity contribution in [2.75, 3.05) is 46.3 Å². The molecule has 0 fully saturated rings. The molecule has 11 heteroatoms. The van der Waals surface area contributed by atoms with Gasteiger partial charge < -0.3 is 14.4 Å². The van der Waals surface area contributed by atoms with Gasteiger partial charge in [-0.15, -0.1) is 12.4 Å². The minimum Gasteiger partial charge on any atom is -0.493 e. The lowest BCUT2D eigenvalue weighted by Crippen LogP contribution is -2.34. The van der Waals surface area contributed by atoms with E-state index in [-0.39, 0.29) is 35.2 Å². The number of methoxy groups -OCH3 is 2. The van der Waals surface area contributed by atoms with E-state index in [0.29, 0.717) is 18.1 Å². The van der Waals surface area contributed by atoms with Crippen molar-refractivity contribution in [1.29, 1.82) is 0 Å². The molecule has 0 spiro atoms. The van der Waals surface area contributed by atoms with Crippen molar-refractivity contribution in [3.05, 3.63) is 51.1 Å². The van der Waals surface area contributed by atoms with E-state index in [1.807, 2.05) is 45.0 Å². The molecule has 0 aliphatic carbocycles. The van der Waals surface area contributed by atoms with E-state index < -0.39 is 10.8 Å². The maximum Gasteiger partial charge on any atom is 0.286 e. The molecular weight excluding hydrogens is 480 g/mol. The predicted octanol–water partition coefficient (Wildman–Crippen LogP) is 4.86. The zero-order valence-corrected chi connectivity index (χ0v) is 21.7. The van der Waals surface area contributed by atoms with Crippen molar-refractivity contribution >= 4 is 50.7 Å². The smallest absolute Gasteiger partial charge is 0.286 e. The highest BCUT2D eigenvalue weighted by Crippen LogP contribution is 2.37. The van der Waals surface area contributed by atoms with Crippen LogP contribution in [0, 0.1) is 24.0 Å². The highest BCUT2D eigenvalue weighted by Gasteiger charge is 2.30. The number of hydrogen-bond donors (Lipinski definition) is 0. The van der Waals surface area contributed by atoms with E-state index in [4.69, 9.17) is 14.5 Å². The number of amides is 1. The standard InChI is InChI=1S/C23H28N4O5S.ClH/c1-14-8-9-20-21(15(14)2)24-23(33-20)26(11-7-10-25(3)4)22(28)16-12-18(31-5)19(32-6)13-17(16)27(29)30;/h8-9,12-13H,7,10-11H2,1-6H3;1H. The molecule has 3 aromatic rings. The van der Waals surface area contributed by atoms with Gasteiger partial charge in [0.25, 0.3) is 11.6 Å². The van der Waals surface area contributed by atoms with Gasteiger partial charge in [0.15, 0.2) is 16.6 Å². The van der Waals surface area contributed by atoms with Crippen LogP contribution in [-0.2, 0) is 0 Å². The number of ether oxygens (including phenoxy) is 2. The third-order valence-electron chi connectivity index (χ3n) is 5.47. The van der Waals surface area contributed by atoms with Gasteiger partial charge in [0.1, 0.15) is 5.56 Å². The Hall–Kier alpha value is -2.95. The van der Waals surface area contributed by atoms with Crippen LogP contribution in [-0.4, -0.2) is 62.1 Å². The number of nitro benzene ring substituents is 1. The molecule has 0 saturated carbocycles. The number of nitrogens with zero attached hydrogens (tertiary/aromatic N) is 4. The van der Waals surface area contributed by atoms with Crippen LogP contribution in [0.15, 0.2) is 24.3 Å². The van der Waals surface area contributed by atoms with Crippen LogP contribution < -0.4 is 14.4 Å². The molecule has 0 aliphatic rings. The van der Waals surface area contributed by atoms with Crippen molar-refractivity contribution in [3.63, 3.8) is 0 Å². The molecule has 184 valence electrons. The predicted molar refractivity (Wildman–Crippen MR) is 137 cm³/mol. The zero-order chi connectivity index (χ0) is 24.3. The summed E-state index contributed by atoms with van der Waals surface area (Å²) in [7, 11) is 6.72. The molecule has 1 heterocycles. The summed E-state index contributed by atoms with van der Waals surface area (Å²) >= 11 is 1.40. The molecule has 1 aromatic heterocycles. The van der Waals surface area contributed by atoms with Crippen molar-refractivity contribution in [2.45, 2.75) is 20.3 Å². The lowest BCUT2D eigenvalue weighted by molar-refractivity contribution is -0.385. The highest BCUT2D eigenvalue weighted by molar-refractivity contribution is 7.22. The van der Waals surface area contributed by atoms with E-state index >= 15 is 0 Å². The molecule has 9 nitrogen and oxygen atoms in total. The second-order valence-corrected chi connectivity index (χ2v) is 8.95. The first kappa shape index (κ1) is 27.3. The summed E-state index contributed by atoms with van der Waals surface area (Å²) in [4.78, 5) is 33.2. The fourth-order valence-corrected chi connectivity index (χ4v) is 4.54. The lowest BCUT2D eigenvalue weighted by atomic mass is 10.1. The highest BCUT2D eigenvalue weighted by atomic mass is 35.5. The summed E-state index contributed by atoms with van der Waals surface area (Å²) in [5.41, 5.74) is 2.58. The Morgan fingerprint density at radius 1 is 1.12 bits per heavy atom. The summed E-state index contributed by atoms with van der Waals surface area (Å²) < 4.78 is 11.4. The Balaban J connectivity index is 0.00000408. The maximum absolute atomic E-state index is 13.7. The average molecular weight is 509 g/mol. The van der Waals surface area contributed by atoms with Crippen LogP contribution in [0.25, 0.3) is 10.2 Å². The zero-order valence-electron chi connectivity index (χ0n) is 20.1. The number of fused-ring (bicyclic) bond motifs is 1. The maximum atomic E-state index is 13.7. The van der Waals surface area contributed by atoms with Crippen LogP contribution in [0.5, 0.6) is 11.5 Å². The van der Waals surface area contributed by atoms with Gasteiger partial charge in [-0.1, -0.05) is 17.4 Å². The number of carbonyl (C=O) groups excluding carboxylic acids is 1. The fourth-order valence-electron chi connectivity index (χ4n) is 3.49. The molecule has 0 saturated heterocycles. The van der Waals surface area contributed by atoms with Gasteiger partial charge in [0.05, 0.1) is 35.4 Å². The fraction of sp³-hybridized carbons (Fsp3) is 0.391. The first-order chi connectivity index (χ1) is 15.7. The van der Waals surface area contributed by atoms with Gasteiger partial charge in [-0.3, -0.25) is 19.8 Å².